The number of rotatable bonds is 2. The van der Waals surface area contributed by atoms with Crippen LogP contribution in [0.3, 0.4) is 0 Å². The SMILES string of the molecule is CC(=O)c1ccc(-c2ccc(C)c(F)c2)cc1. The fourth-order valence-electron chi connectivity index (χ4n) is 1.67. The minimum absolute atomic E-state index is 0.0339. The van der Waals surface area contributed by atoms with Gasteiger partial charge in [0.2, 0.25) is 0 Å². The molecule has 86 valence electrons. The van der Waals surface area contributed by atoms with Gasteiger partial charge < -0.3 is 0 Å². The summed E-state index contributed by atoms with van der Waals surface area (Å²) in [6, 6.07) is 12.3. The monoisotopic (exact) mass is 228 g/mol. The second-order valence-corrected chi connectivity index (χ2v) is 4.10. The Bertz CT molecular complexity index is 556. The Morgan fingerprint density at radius 3 is 2.12 bits per heavy atom. The highest BCUT2D eigenvalue weighted by atomic mass is 19.1. The number of benzene rings is 2. The molecule has 1 nitrogen and oxygen atoms in total. The zero-order valence-corrected chi connectivity index (χ0v) is 9.83. The molecule has 17 heavy (non-hydrogen) atoms. The fraction of sp³-hybridized carbons (Fsp3) is 0.133. The summed E-state index contributed by atoms with van der Waals surface area (Å²) in [5.74, 6) is -0.176. The van der Waals surface area contributed by atoms with E-state index in [4.69, 9.17) is 0 Å². The van der Waals surface area contributed by atoms with E-state index >= 15 is 0 Å². The van der Waals surface area contributed by atoms with Gasteiger partial charge in [0.05, 0.1) is 0 Å². The Balaban J connectivity index is 2.39. The number of Topliss-reactive ketones (excluding diaryl/α,β-unsaturated/α-hetero) is 1. The van der Waals surface area contributed by atoms with Gasteiger partial charge in [-0.2, -0.15) is 0 Å². The van der Waals surface area contributed by atoms with Crippen molar-refractivity contribution < 1.29 is 9.18 Å². The Morgan fingerprint density at radius 1 is 1.00 bits per heavy atom. The molecule has 2 aromatic carbocycles. The smallest absolute Gasteiger partial charge is 0.159 e. The van der Waals surface area contributed by atoms with Crippen LogP contribution in [-0.4, -0.2) is 5.78 Å². The van der Waals surface area contributed by atoms with E-state index in [0.717, 1.165) is 11.1 Å². The third-order valence-corrected chi connectivity index (χ3v) is 2.80. The molecule has 0 saturated heterocycles. The van der Waals surface area contributed by atoms with Crippen LogP contribution in [0.15, 0.2) is 42.5 Å². The van der Waals surface area contributed by atoms with Gasteiger partial charge in [-0.1, -0.05) is 36.4 Å². The van der Waals surface area contributed by atoms with E-state index in [9.17, 15) is 9.18 Å². The van der Waals surface area contributed by atoms with Crippen LogP contribution in [0.25, 0.3) is 11.1 Å². The predicted molar refractivity (Wildman–Crippen MR) is 66.6 cm³/mol. The topological polar surface area (TPSA) is 17.1 Å². The molecule has 0 bridgehead atoms. The van der Waals surface area contributed by atoms with Crippen LogP contribution >= 0.6 is 0 Å². The van der Waals surface area contributed by atoms with Gasteiger partial charge in [0, 0.05) is 5.56 Å². The lowest BCUT2D eigenvalue weighted by atomic mass is 10.0. The molecule has 0 aliphatic rings. The summed E-state index contributed by atoms with van der Waals surface area (Å²) in [4.78, 5) is 11.1. The maximum Gasteiger partial charge on any atom is 0.159 e. The summed E-state index contributed by atoms with van der Waals surface area (Å²) in [6.45, 7) is 3.26. The molecule has 0 aromatic heterocycles. The molecule has 0 unspecified atom stereocenters. The molecule has 0 spiro atoms. The third kappa shape index (κ3) is 2.41. The lowest BCUT2D eigenvalue weighted by Gasteiger charge is -2.04. The van der Waals surface area contributed by atoms with Crippen LogP contribution in [0, 0.1) is 12.7 Å². The predicted octanol–water partition coefficient (Wildman–Crippen LogP) is 4.00. The summed E-state index contributed by atoms with van der Waals surface area (Å²) in [5, 5.41) is 0. The van der Waals surface area contributed by atoms with Gasteiger partial charge in [-0.05, 0) is 36.6 Å². The van der Waals surface area contributed by atoms with Gasteiger partial charge in [-0.3, -0.25) is 4.79 Å². The highest BCUT2D eigenvalue weighted by Crippen LogP contribution is 2.22. The highest BCUT2D eigenvalue weighted by molar-refractivity contribution is 5.94. The van der Waals surface area contributed by atoms with Crippen molar-refractivity contribution in [2.75, 3.05) is 0 Å². The molecule has 2 rings (SSSR count). The molecule has 0 heterocycles. The molecule has 2 heteroatoms. The first-order chi connectivity index (χ1) is 8.08. The first kappa shape index (κ1) is 11.5. The number of ketones is 1. The normalized spacial score (nSPS) is 10.3. The van der Waals surface area contributed by atoms with Gasteiger partial charge in [0.15, 0.2) is 5.78 Å². The molecule has 0 saturated carbocycles. The van der Waals surface area contributed by atoms with Crippen molar-refractivity contribution in [2.45, 2.75) is 13.8 Å². The average molecular weight is 228 g/mol. The minimum atomic E-state index is -0.210. The largest absolute Gasteiger partial charge is 0.295 e. The number of aryl methyl sites for hydroxylation is 1. The molecule has 2 aromatic rings. The number of carbonyl (C=O) groups excluding carboxylic acids is 1. The lowest BCUT2D eigenvalue weighted by Crippen LogP contribution is -1.91. The second-order valence-electron chi connectivity index (χ2n) is 4.10. The summed E-state index contributed by atoms with van der Waals surface area (Å²) in [7, 11) is 0. The summed E-state index contributed by atoms with van der Waals surface area (Å²) >= 11 is 0. The van der Waals surface area contributed by atoms with E-state index in [0.29, 0.717) is 11.1 Å². The Morgan fingerprint density at radius 2 is 1.59 bits per heavy atom. The van der Waals surface area contributed by atoms with E-state index < -0.39 is 0 Å². The third-order valence-electron chi connectivity index (χ3n) is 2.80. The van der Waals surface area contributed by atoms with Crippen molar-refractivity contribution in [3.8, 4) is 11.1 Å². The Kier molecular flexibility index (Phi) is 3.05. The zero-order valence-electron chi connectivity index (χ0n) is 9.83. The first-order valence-corrected chi connectivity index (χ1v) is 5.45. The highest BCUT2D eigenvalue weighted by Gasteiger charge is 2.03. The van der Waals surface area contributed by atoms with Crippen LogP contribution in [0.5, 0.6) is 0 Å². The Hall–Kier alpha value is -1.96. The lowest BCUT2D eigenvalue weighted by molar-refractivity contribution is 0.101. The van der Waals surface area contributed by atoms with Crippen LogP contribution in [0.2, 0.25) is 0 Å². The molecule has 0 N–H and O–H groups in total. The van der Waals surface area contributed by atoms with E-state index in [1.807, 2.05) is 18.2 Å². The van der Waals surface area contributed by atoms with Crippen molar-refractivity contribution in [1.29, 1.82) is 0 Å². The molecule has 0 radical (unpaired) electrons. The quantitative estimate of drug-likeness (QED) is 0.710. The number of hydrogen-bond donors (Lipinski definition) is 0. The maximum absolute atomic E-state index is 13.4. The molecular weight excluding hydrogens is 215 g/mol. The standard InChI is InChI=1S/C15H13FO/c1-10-3-4-14(9-15(10)16)13-7-5-12(6-8-13)11(2)17/h3-9H,1-2H3. The molecular formula is C15H13FO. The average Bonchev–Trinajstić information content (AvgIpc) is 2.33. The van der Waals surface area contributed by atoms with Crippen molar-refractivity contribution in [1.82, 2.24) is 0 Å². The van der Waals surface area contributed by atoms with Crippen LogP contribution in [0.1, 0.15) is 22.8 Å². The second kappa shape index (κ2) is 4.50. The van der Waals surface area contributed by atoms with Crippen LogP contribution in [-0.2, 0) is 0 Å². The zero-order chi connectivity index (χ0) is 12.4. The van der Waals surface area contributed by atoms with Gasteiger partial charge in [0.25, 0.3) is 0 Å². The van der Waals surface area contributed by atoms with E-state index in [-0.39, 0.29) is 11.6 Å². The first-order valence-electron chi connectivity index (χ1n) is 5.45. The molecule has 0 fully saturated rings. The van der Waals surface area contributed by atoms with E-state index in [2.05, 4.69) is 0 Å². The molecule has 0 amide bonds. The van der Waals surface area contributed by atoms with Crippen LogP contribution in [0.4, 0.5) is 4.39 Å². The van der Waals surface area contributed by atoms with Crippen molar-refractivity contribution >= 4 is 5.78 Å². The summed E-state index contributed by atoms with van der Waals surface area (Å²) in [5.41, 5.74) is 3.03. The fourth-order valence-corrected chi connectivity index (χ4v) is 1.67. The molecule has 0 aliphatic carbocycles. The van der Waals surface area contributed by atoms with Crippen LogP contribution < -0.4 is 0 Å². The van der Waals surface area contributed by atoms with Crippen molar-refractivity contribution in [2.24, 2.45) is 0 Å². The van der Waals surface area contributed by atoms with Crippen molar-refractivity contribution in [3.63, 3.8) is 0 Å². The van der Waals surface area contributed by atoms with Crippen molar-refractivity contribution in [3.05, 3.63) is 59.4 Å². The van der Waals surface area contributed by atoms with E-state index in [1.54, 1.807) is 25.1 Å². The Labute approximate surface area is 99.9 Å². The van der Waals surface area contributed by atoms with E-state index in [1.165, 1.54) is 13.0 Å². The number of carbonyl (C=O) groups is 1. The minimum Gasteiger partial charge on any atom is -0.295 e. The van der Waals surface area contributed by atoms with Gasteiger partial charge >= 0.3 is 0 Å². The molecule has 0 atom stereocenters. The number of halogens is 1. The van der Waals surface area contributed by atoms with Gasteiger partial charge in [-0.25, -0.2) is 4.39 Å². The van der Waals surface area contributed by atoms with Gasteiger partial charge in [0.1, 0.15) is 5.82 Å². The van der Waals surface area contributed by atoms with Gasteiger partial charge in [-0.15, -0.1) is 0 Å². The molecule has 0 aliphatic heterocycles. The summed E-state index contributed by atoms with van der Waals surface area (Å²) in [6.07, 6.45) is 0. The maximum atomic E-state index is 13.4. The number of hydrogen-bond acceptors (Lipinski definition) is 1. The summed E-state index contributed by atoms with van der Waals surface area (Å²) < 4.78 is 13.4.